The number of anilines is 3. The molecule has 0 unspecified atom stereocenters. The van der Waals surface area contributed by atoms with E-state index in [0.29, 0.717) is 34.0 Å². The number of fused-ring (bicyclic) bond motifs is 6. The van der Waals surface area contributed by atoms with Gasteiger partial charge in [-0.2, -0.15) is 0 Å². The van der Waals surface area contributed by atoms with E-state index in [1.54, 1.807) is 30.3 Å². The van der Waals surface area contributed by atoms with Crippen molar-refractivity contribution in [3.8, 4) is 11.5 Å². The quantitative estimate of drug-likeness (QED) is 0.304. The van der Waals surface area contributed by atoms with Gasteiger partial charge < -0.3 is 25.0 Å². The molecule has 1 saturated heterocycles. The topological polar surface area (TPSA) is 97.0 Å². The van der Waals surface area contributed by atoms with Crippen LogP contribution in [0.1, 0.15) is 21.5 Å². The highest BCUT2D eigenvalue weighted by molar-refractivity contribution is 6.17. The Morgan fingerprint density at radius 3 is 2.37 bits per heavy atom. The first kappa shape index (κ1) is 26.5. The maximum Gasteiger partial charge on any atom is 0.247 e. The van der Waals surface area contributed by atoms with Crippen molar-refractivity contribution in [2.45, 2.75) is 17.5 Å². The van der Waals surface area contributed by atoms with Crippen molar-refractivity contribution in [2.75, 3.05) is 29.8 Å². The summed E-state index contributed by atoms with van der Waals surface area (Å²) in [5.41, 5.74) is 2.51. The van der Waals surface area contributed by atoms with Crippen LogP contribution in [-0.2, 0) is 15.0 Å². The Hall–Kier alpha value is -5.37. The van der Waals surface area contributed by atoms with E-state index >= 15 is 0 Å². The Labute approximate surface area is 248 Å². The van der Waals surface area contributed by atoms with E-state index in [0.717, 1.165) is 11.3 Å². The number of ether oxygens (including phenoxy) is 2. The van der Waals surface area contributed by atoms with Gasteiger partial charge in [0.2, 0.25) is 11.8 Å². The van der Waals surface area contributed by atoms with E-state index in [-0.39, 0.29) is 17.6 Å². The van der Waals surface area contributed by atoms with Gasteiger partial charge in [-0.25, -0.2) is 0 Å². The highest BCUT2D eigenvalue weighted by atomic mass is 16.5. The molecular formula is C35H29N3O5. The Morgan fingerprint density at radius 1 is 0.860 bits per heavy atom. The fourth-order valence-corrected chi connectivity index (χ4v) is 7.03. The minimum atomic E-state index is -1.40. The fourth-order valence-electron chi connectivity index (χ4n) is 7.03. The summed E-state index contributed by atoms with van der Waals surface area (Å²) >= 11 is 0. The number of methoxy groups -OCH3 is 2. The fraction of sp³-hybridized carbons (Fsp3) is 0.171. The lowest BCUT2D eigenvalue weighted by molar-refractivity contribution is -0.122. The number of ketones is 1. The molecule has 3 aliphatic rings. The number of benzene rings is 4. The lowest BCUT2D eigenvalue weighted by atomic mass is 9.64. The van der Waals surface area contributed by atoms with Crippen molar-refractivity contribution in [1.29, 1.82) is 0 Å². The highest BCUT2D eigenvalue weighted by Gasteiger charge is 2.70. The lowest BCUT2D eigenvalue weighted by Gasteiger charge is -2.37. The van der Waals surface area contributed by atoms with Crippen LogP contribution < -0.4 is 25.0 Å². The number of nitrogens with zero attached hydrogens (tertiary/aromatic N) is 1. The molecule has 1 fully saturated rings. The molecule has 0 bridgehead atoms. The predicted molar refractivity (Wildman–Crippen MR) is 165 cm³/mol. The molecule has 7 rings (SSSR count). The molecule has 8 nitrogen and oxygen atoms in total. The molecule has 0 aromatic heterocycles. The molecule has 4 aromatic carbocycles. The molecule has 3 heterocycles. The molecular weight excluding hydrogens is 542 g/mol. The van der Waals surface area contributed by atoms with Gasteiger partial charge in [0.05, 0.1) is 26.2 Å². The number of rotatable bonds is 6. The monoisotopic (exact) mass is 571 g/mol. The van der Waals surface area contributed by atoms with Gasteiger partial charge in [-0.15, -0.1) is 0 Å². The maximum absolute atomic E-state index is 14.9. The Bertz CT molecular complexity index is 1800. The number of hydrogen-bond acceptors (Lipinski definition) is 6. The van der Waals surface area contributed by atoms with E-state index in [1.807, 2.05) is 83.8 Å². The summed E-state index contributed by atoms with van der Waals surface area (Å²) in [6.07, 6.45) is 3.93. The molecule has 3 aliphatic heterocycles. The van der Waals surface area contributed by atoms with Gasteiger partial charge in [-0.1, -0.05) is 66.7 Å². The van der Waals surface area contributed by atoms with Crippen LogP contribution in [0, 0.1) is 5.92 Å². The third-order valence-electron chi connectivity index (χ3n) is 8.80. The van der Waals surface area contributed by atoms with Crippen LogP contribution in [0.5, 0.6) is 11.5 Å². The third-order valence-corrected chi connectivity index (χ3v) is 8.80. The van der Waals surface area contributed by atoms with Crippen LogP contribution in [0.2, 0.25) is 0 Å². The number of carbonyl (C=O) groups excluding carboxylic acids is 3. The van der Waals surface area contributed by atoms with Crippen molar-refractivity contribution in [3.63, 3.8) is 0 Å². The van der Waals surface area contributed by atoms with Crippen LogP contribution >= 0.6 is 0 Å². The summed E-state index contributed by atoms with van der Waals surface area (Å²) in [5.74, 6) is -1.29. The van der Waals surface area contributed by atoms with Crippen molar-refractivity contribution in [2.24, 2.45) is 5.92 Å². The van der Waals surface area contributed by atoms with Crippen LogP contribution in [0.4, 0.5) is 17.1 Å². The molecule has 0 saturated carbocycles. The Balaban J connectivity index is 1.48. The second-order valence-corrected chi connectivity index (χ2v) is 10.9. The van der Waals surface area contributed by atoms with E-state index in [4.69, 9.17) is 9.47 Å². The predicted octanol–water partition coefficient (Wildman–Crippen LogP) is 5.32. The minimum Gasteiger partial charge on any atom is -0.493 e. The third kappa shape index (κ3) is 3.86. The smallest absolute Gasteiger partial charge is 0.247 e. The summed E-state index contributed by atoms with van der Waals surface area (Å²) in [7, 11) is 3.03. The van der Waals surface area contributed by atoms with Gasteiger partial charge in [0, 0.05) is 22.6 Å². The van der Waals surface area contributed by atoms with E-state index in [9.17, 15) is 14.4 Å². The Morgan fingerprint density at radius 2 is 1.58 bits per heavy atom. The van der Waals surface area contributed by atoms with Crippen molar-refractivity contribution in [1.82, 2.24) is 0 Å². The normalized spacial score (nSPS) is 22.8. The van der Waals surface area contributed by atoms with Crippen molar-refractivity contribution >= 4 is 40.7 Å². The van der Waals surface area contributed by atoms with E-state index in [1.165, 1.54) is 14.2 Å². The molecule has 4 atom stereocenters. The molecule has 2 amide bonds. The molecule has 1 spiro atoms. The summed E-state index contributed by atoms with van der Waals surface area (Å²) < 4.78 is 10.9. The number of Topliss-reactive ketones (excluding diaryl/α,β-unsaturated/α-hetero) is 1. The SMILES string of the molecule is COc1ccc(C(=O)[C@@H]2[C@H](C(=O)Nc3ccccc3)N3c4ccccc4C=C[C@@H]3[C@]23C(=O)Nc2ccccc23)cc1OC. The average Bonchev–Trinajstić information content (AvgIpc) is 3.53. The number of hydrogen-bond donors (Lipinski definition) is 2. The molecule has 214 valence electrons. The second-order valence-electron chi connectivity index (χ2n) is 10.9. The molecule has 2 N–H and O–H groups in total. The average molecular weight is 572 g/mol. The minimum absolute atomic E-state index is 0.314. The van der Waals surface area contributed by atoms with Gasteiger partial charge in [-0.05, 0) is 53.6 Å². The largest absolute Gasteiger partial charge is 0.493 e. The van der Waals surface area contributed by atoms with E-state index in [2.05, 4.69) is 10.6 Å². The number of amides is 2. The van der Waals surface area contributed by atoms with Gasteiger partial charge in [0.1, 0.15) is 11.5 Å². The van der Waals surface area contributed by atoms with Gasteiger partial charge >= 0.3 is 0 Å². The summed E-state index contributed by atoms with van der Waals surface area (Å²) in [6.45, 7) is 0. The van der Waals surface area contributed by atoms with Crippen LogP contribution in [0.15, 0.2) is 103 Å². The highest BCUT2D eigenvalue weighted by Crippen LogP contribution is 2.57. The van der Waals surface area contributed by atoms with Gasteiger partial charge in [0.25, 0.3) is 0 Å². The maximum atomic E-state index is 14.9. The van der Waals surface area contributed by atoms with Crippen LogP contribution in [0.3, 0.4) is 0 Å². The van der Waals surface area contributed by atoms with Crippen molar-refractivity contribution in [3.05, 3.63) is 120 Å². The zero-order valence-corrected chi connectivity index (χ0v) is 23.6. The molecule has 43 heavy (non-hydrogen) atoms. The first-order valence-electron chi connectivity index (χ1n) is 14.1. The summed E-state index contributed by atoms with van der Waals surface area (Å²) in [6, 6.07) is 27.6. The molecule has 4 aromatic rings. The lowest BCUT2D eigenvalue weighted by Crippen LogP contribution is -2.51. The molecule has 0 aliphatic carbocycles. The molecule has 8 heteroatoms. The van der Waals surface area contributed by atoms with Crippen LogP contribution in [0.25, 0.3) is 6.08 Å². The summed E-state index contributed by atoms with van der Waals surface area (Å²) in [4.78, 5) is 45.8. The summed E-state index contributed by atoms with van der Waals surface area (Å²) in [5, 5.41) is 6.08. The second kappa shape index (κ2) is 10.2. The zero-order valence-electron chi connectivity index (χ0n) is 23.6. The van der Waals surface area contributed by atoms with Gasteiger partial charge in [-0.3, -0.25) is 14.4 Å². The Kier molecular flexibility index (Phi) is 6.27. The standard InChI is InChI=1S/C35H29N3O5/c1-42-27-18-16-22(20-28(27)43-2)32(39)30-31(33(40)36-23-11-4-3-5-12-23)38-26-15-9-6-10-21(26)17-19-29(38)35(30)24-13-7-8-14-25(24)37-34(35)41/h3-20,29-31H,1-2H3,(H,36,40)(H,37,41)/t29-,30+,31-,35+/m1/s1. The first-order valence-corrected chi connectivity index (χ1v) is 14.1. The van der Waals surface area contributed by atoms with Crippen LogP contribution in [-0.4, -0.2) is 43.9 Å². The first-order chi connectivity index (χ1) is 21.0. The van der Waals surface area contributed by atoms with Gasteiger partial charge in [0.15, 0.2) is 17.3 Å². The zero-order chi connectivity index (χ0) is 29.7. The van der Waals surface area contributed by atoms with E-state index < -0.39 is 23.4 Å². The number of carbonyl (C=O) groups is 3. The molecule has 0 radical (unpaired) electrons. The van der Waals surface area contributed by atoms with Crippen molar-refractivity contribution < 1.29 is 23.9 Å². The number of nitrogens with one attached hydrogen (secondary N) is 2. The number of para-hydroxylation sites is 3.